The summed E-state index contributed by atoms with van der Waals surface area (Å²) >= 11 is 0. The van der Waals surface area contributed by atoms with Crippen LogP contribution in [0.5, 0.6) is 0 Å². The van der Waals surface area contributed by atoms with E-state index in [1.807, 2.05) is 4.90 Å². The molecule has 0 radical (unpaired) electrons. The van der Waals surface area contributed by atoms with Gasteiger partial charge in [-0.05, 0) is 25.2 Å². The van der Waals surface area contributed by atoms with E-state index in [1.165, 1.54) is 19.3 Å². The third-order valence-electron chi connectivity index (χ3n) is 2.37. The van der Waals surface area contributed by atoms with Crippen molar-refractivity contribution in [2.45, 2.75) is 25.7 Å². The standard InChI is InChI=1S/C8H13NO/c10-8(6-7-2-3-7)9-4-1-5-9/h7H,1-6H2. The second kappa shape index (κ2) is 2.26. The molecule has 2 rings (SSSR count). The lowest BCUT2D eigenvalue weighted by Crippen LogP contribution is -2.42. The van der Waals surface area contributed by atoms with Gasteiger partial charge in [-0.2, -0.15) is 0 Å². The number of nitrogens with zero attached hydrogens (tertiary/aromatic N) is 1. The van der Waals surface area contributed by atoms with Gasteiger partial charge in [0.1, 0.15) is 0 Å². The van der Waals surface area contributed by atoms with Gasteiger partial charge in [-0.25, -0.2) is 0 Å². The van der Waals surface area contributed by atoms with E-state index in [-0.39, 0.29) is 0 Å². The Morgan fingerprint density at radius 2 is 2.10 bits per heavy atom. The zero-order chi connectivity index (χ0) is 6.97. The molecule has 2 heteroatoms. The van der Waals surface area contributed by atoms with Crippen molar-refractivity contribution in [2.24, 2.45) is 5.92 Å². The molecule has 1 saturated carbocycles. The van der Waals surface area contributed by atoms with Crippen LogP contribution in [0.2, 0.25) is 0 Å². The lowest BCUT2D eigenvalue weighted by atomic mass is 10.2. The molecule has 1 aliphatic carbocycles. The Morgan fingerprint density at radius 3 is 2.50 bits per heavy atom. The zero-order valence-electron chi connectivity index (χ0n) is 6.18. The van der Waals surface area contributed by atoms with Gasteiger partial charge in [0.05, 0.1) is 0 Å². The highest BCUT2D eigenvalue weighted by molar-refractivity contribution is 5.77. The summed E-state index contributed by atoms with van der Waals surface area (Å²) in [5.41, 5.74) is 0. The Balaban J connectivity index is 1.74. The molecule has 0 aromatic carbocycles. The largest absolute Gasteiger partial charge is 0.343 e. The summed E-state index contributed by atoms with van der Waals surface area (Å²) in [6.45, 7) is 2.04. The number of carbonyl (C=O) groups excluding carboxylic acids is 1. The minimum Gasteiger partial charge on any atom is -0.343 e. The molecule has 0 aromatic heterocycles. The fourth-order valence-electron chi connectivity index (χ4n) is 1.26. The Morgan fingerprint density at radius 1 is 1.40 bits per heavy atom. The first kappa shape index (κ1) is 6.20. The van der Waals surface area contributed by atoms with Gasteiger partial charge < -0.3 is 4.90 Å². The second-order valence-corrected chi connectivity index (χ2v) is 3.38. The summed E-state index contributed by atoms with van der Waals surface area (Å²) in [5, 5.41) is 0. The number of likely N-dealkylation sites (tertiary alicyclic amines) is 1. The molecule has 0 aromatic rings. The molecule has 1 amide bonds. The first-order valence-electron chi connectivity index (χ1n) is 4.14. The van der Waals surface area contributed by atoms with Crippen molar-refractivity contribution in [3.63, 3.8) is 0 Å². The molecule has 1 heterocycles. The van der Waals surface area contributed by atoms with Gasteiger partial charge in [-0.1, -0.05) is 0 Å². The maximum absolute atomic E-state index is 11.2. The van der Waals surface area contributed by atoms with E-state index >= 15 is 0 Å². The number of amides is 1. The average Bonchev–Trinajstić information content (AvgIpc) is 2.43. The van der Waals surface area contributed by atoms with Gasteiger partial charge in [-0.3, -0.25) is 4.79 Å². The third kappa shape index (κ3) is 1.15. The molecule has 1 aliphatic heterocycles. The fraction of sp³-hybridized carbons (Fsp3) is 0.875. The van der Waals surface area contributed by atoms with E-state index < -0.39 is 0 Å². The maximum Gasteiger partial charge on any atom is 0.222 e. The molecule has 0 atom stereocenters. The van der Waals surface area contributed by atoms with Crippen molar-refractivity contribution in [1.82, 2.24) is 4.90 Å². The highest BCUT2D eigenvalue weighted by atomic mass is 16.2. The SMILES string of the molecule is O=C(CC1CC1)N1CCC1. The number of hydrogen-bond acceptors (Lipinski definition) is 1. The van der Waals surface area contributed by atoms with Gasteiger partial charge in [0.15, 0.2) is 0 Å². The Hall–Kier alpha value is -0.530. The molecule has 10 heavy (non-hydrogen) atoms. The minimum absolute atomic E-state index is 0.397. The summed E-state index contributed by atoms with van der Waals surface area (Å²) < 4.78 is 0. The van der Waals surface area contributed by atoms with E-state index in [1.54, 1.807) is 0 Å². The lowest BCUT2D eigenvalue weighted by Gasteiger charge is -2.30. The van der Waals surface area contributed by atoms with Crippen LogP contribution in [0.3, 0.4) is 0 Å². The normalized spacial score (nSPS) is 24.2. The number of carbonyl (C=O) groups is 1. The summed E-state index contributed by atoms with van der Waals surface area (Å²) in [6, 6.07) is 0. The van der Waals surface area contributed by atoms with Crippen molar-refractivity contribution in [3.8, 4) is 0 Å². The first-order chi connectivity index (χ1) is 4.86. The van der Waals surface area contributed by atoms with Gasteiger partial charge in [0.25, 0.3) is 0 Å². The minimum atomic E-state index is 0.397. The molecule has 2 fully saturated rings. The molecule has 2 nitrogen and oxygen atoms in total. The van der Waals surface area contributed by atoms with E-state index in [0.717, 1.165) is 25.4 Å². The van der Waals surface area contributed by atoms with Crippen molar-refractivity contribution in [2.75, 3.05) is 13.1 Å². The van der Waals surface area contributed by atoms with Gasteiger partial charge in [-0.15, -0.1) is 0 Å². The van der Waals surface area contributed by atoms with Crippen molar-refractivity contribution in [1.29, 1.82) is 0 Å². The molecule has 0 N–H and O–H groups in total. The van der Waals surface area contributed by atoms with Crippen LogP contribution in [0.4, 0.5) is 0 Å². The molecule has 1 saturated heterocycles. The van der Waals surface area contributed by atoms with Crippen LogP contribution in [0.25, 0.3) is 0 Å². The van der Waals surface area contributed by atoms with E-state index in [4.69, 9.17) is 0 Å². The van der Waals surface area contributed by atoms with E-state index in [2.05, 4.69) is 0 Å². The van der Waals surface area contributed by atoms with Crippen LogP contribution in [0.15, 0.2) is 0 Å². The predicted octanol–water partition coefficient (Wildman–Crippen LogP) is 1.02. The summed E-state index contributed by atoms with van der Waals surface area (Å²) in [7, 11) is 0. The number of hydrogen-bond donors (Lipinski definition) is 0. The van der Waals surface area contributed by atoms with E-state index in [9.17, 15) is 4.79 Å². The van der Waals surface area contributed by atoms with Crippen LogP contribution in [-0.4, -0.2) is 23.9 Å². The molecule has 0 spiro atoms. The second-order valence-electron chi connectivity index (χ2n) is 3.38. The summed E-state index contributed by atoms with van der Waals surface area (Å²) in [5.74, 6) is 1.15. The molecular formula is C8H13NO. The molecular weight excluding hydrogens is 126 g/mol. The van der Waals surface area contributed by atoms with Crippen LogP contribution < -0.4 is 0 Å². The maximum atomic E-state index is 11.2. The summed E-state index contributed by atoms with van der Waals surface area (Å²) in [4.78, 5) is 13.2. The molecule has 56 valence electrons. The van der Waals surface area contributed by atoms with Gasteiger partial charge in [0, 0.05) is 19.5 Å². The topological polar surface area (TPSA) is 20.3 Å². The number of rotatable bonds is 2. The third-order valence-corrected chi connectivity index (χ3v) is 2.37. The first-order valence-corrected chi connectivity index (χ1v) is 4.14. The monoisotopic (exact) mass is 139 g/mol. The quantitative estimate of drug-likeness (QED) is 0.559. The van der Waals surface area contributed by atoms with Crippen molar-refractivity contribution >= 4 is 5.91 Å². The molecule has 0 unspecified atom stereocenters. The van der Waals surface area contributed by atoms with Crippen LogP contribution >= 0.6 is 0 Å². The van der Waals surface area contributed by atoms with Crippen molar-refractivity contribution < 1.29 is 4.79 Å². The zero-order valence-corrected chi connectivity index (χ0v) is 6.18. The van der Waals surface area contributed by atoms with Gasteiger partial charge >= 0.3 is 0 Å². The Labute approximate surface area is 61.2 Å². The van der Waals surface area contributed by atoms with E-state index in [0.29, 0.717) is 5.91 Å². The van der Waals surface area contributed by atoms with Crippen molar-refractivity contribution in [3.05, 3.63) is 0 Å². The summed E-state index contributed by atoms with van der Waals surface area (Å²) in [6.07, 6.45) is 4.63. The highest BCUT2D eigenvalue weighted by Gasteiger charge is 2.28. The lowest BCUT2D eigenvalue weighted by molar-refractivity contribution is -0.134. The Kier molecular flexibility index (Phi) is 1.40. The van der Waals surface area contributed by atoms with Gasteiger partial charge in [0.2, 0.25) is 5.91 Å². The highest BCUT2D eigenvalue weighted by Crippen LogP contribution is 2.33. The fourth-order valence-corrected chi connectivity index (χ4v) is 1.26. The average molecular weight is 139 g/mol. The molecule has 2 aliphatic rings. The smallest absolute Gasteiger partial charge is 0.222 e. The van der Waals surface area contributed by atoms with Crippen LogP contribution in [0.1, 0.15) is 25.7 Å². The predicted molar refractivity (Wildman–Crippen MR) is 38.5 cm³/mol. The molecule has 0 bridgehead atoms. The van der Waals surface area contributed by atoms with Crippen LogP contribution in [-0.2, 0) is 4.79 Å². The Bertz CT molecular complexity index is 147. The van der Waals surface area contributed by atoms with Crippen LogP contribution in [0, 0.1) is 5.92 Å².